The molecule has 1 aromatic rings. The Hall–Kier alpha value is -1.26. The summed E-state index contributed by atoms with van der Waals surface area (Å²) in [5.41, 5.74) is 2.35. The molecule has 0 saturated carbocycles. The van der Waals surface area contributed by atoms with Crippen LogP contribution in [0, 0.1) is 18.8 Å². The maximum atomic E-state index is 12.0. The molecular weight excluding hydrogens is 288 g/mol. The molecule has 1 unspecified atom stereocenters. The molecular formula is C16H25ClN2O2. The van der Waals surface area contributed by atoms with E-state index in [1.165, 1.54) is 5.56 Å². The fraction of sp³-hybridized carbons (Fsp3) is 0.562. The van der Waals surface area contributed by atoms with Crippen molar-refractivity contribution in [1.82, 2.24) is 10.6 Å². The van der Waals surface area contributed by atoms with Crippen LogP contribution in [-0.4, -0.2) is 32.7 Å². The number of nitrogens with one attached hydrogen (secondary N) is 2. The molecule has 1 amide bonds. The standard InChI is InChI=1S/C16H24N2O2.ClH/c1-11-4-5-15(20-3)13(8-11)6-7-18-16(19)12(2)14-9-17-10-14;/h4-5,8,12,14,17H,6-7,9-10H2,1-3H3,(H,18,19);1H. The topological polar surface area (TPSA) is 50.4 Å². The van der Waals surface area contributed by atoms with Gasteiger partial charge in [0, 0.05) is 12.5 Å². The molecule has 1 aromatic carbocycles. The van der Waals surface area contributed by atoms with Crippen molar-refractivity contribution in [2.24, 2.45) is 11.8 Å². The quantitative estimate of drug-likeness (QED) is 0.844. The molecule has 1 aliphatic heterocycles. The normalized spacial score (nSPS) is 15.6. The largest absolute Gasteiger partial charge is 0.496 e. The number of rotatable bonds is 6. The molecule has 0 bridgehead atoms. The van der Waals surface area contributed by atoms with Crippen LogP contribution in [-0.2, 0) is 11.2 Å². The molecule has 2 rings (SSSR count). The van der Waals surface area contributed by atoms with Crippen LogP contribution in [0.1, 0.15) is 18.1 Å². The Morgan fingerprint density at radius 1 is 1.48 bits per heavy atom. The SMILES string of the molecule is COc1ccc(C)cc1CCNC(=O)C(C)C1CNC1.Cl. The number of hydrogen-bond acceptors (Lipinski definition) is 3. The first-order valence-corrected chi connectivity index (χ1v) is 7.23. The number of amides is 1. The van der Waals surface area contributed by atoms with Crippen molar-refractivity contribution in [3.8, 4) is 5.75 Å². The number of benzene rings is 1. The summed E-state index contributed by atoms with van der Waals surface area (Å²) in [4.78, 5) is 12.0. The zero-order valence-electron chi connectivity index (χ0n) is 12.9. The van der Waals surface area contributed by atoms with E-state index in [0.717, 1.165) is 30.8 Å². The predicted molar refractivity (Wildman–Crippen MR) is 87.2 cm³/mol. The van der Waals surface area contributed by atoms with E-state index in [9.17, 15) is 4.79 Å². The summed E-state index contributed by atoms with van der Waals surface area (Å²) in [6.45, 7) is 6.64. The minimum Gasteiger partial charge on any atom is -0.496 e. The summed E-state index contributed by atoms with van der Waals surface area (Å²) in [5, 5.41) is 6.23. The zero-order valence-corrected chi connectivity index (χ0v) is 13.8. The monoisotopic (exact) mass is 312 g/mol. The van der Waals surface area contributed by atoms with Gasteiger partial charge in [-0.3, -0.25) is 4.79 Å². The Bertz CT molecular complexity index is 475. The molecule has 5 heteroatoms. The van der Waals surface area contributed by atoms with Crippen LogP contribution in [0.4, 0.5) is 0 Å². The van der Waals surface area contributed by atoms with E-state index in [1.54, 1.807) is 7.11 Å². The van der Waals surface area contributed by atoms with Crippen molar-refractivity contribution < 1.29 is 9.53 Å². The molecule has 0 radical (unpaired) electrons. The van der Waals surface area contributed by atoms with Gasteiger partial charge in [0.1, 0.15) is 5.75 Å². The van der Waals surface area contributed by atoms with Gasteiger partial charge in [0.15, 0.2) is 0 Å². The third-order valence-electron chi connectivity index (χ3n) is 4.06. The number of carbonyl (C=O) groups excluding carboxylic acids is 1. The van der Waals surface area contributed by atoms with E-state index < -0.39 is 0 Å². The summed E-state index contributed by atoms with van der Waals surface area (Å²) in [6, 6.07) is 6.13. The molecule has 0 spiro atoms. The van der Waals surface area contributed by atoms with E-state index in [-0.39, 0.29) is 24.2 Å². The minimum absolute atomic E-state index is 0. The number of carbonyl (C=O) groups is 1. The lowest BCUT2D eigenvalue weighted by molar-refractivity contribution is -0.126. The second-order valence-corrected chi connectivity index (χ2v) is 5.56. The molecule has 1 atom stereocenters. The maximum Gasteiger partial charge on any atom is 0.223 e. The Kier molecular flexibility index (Phi) is 6.99. The van der Waals surface area contributed by atoms with Crippen LogP contribution < -0.4 is 15.4 Å². The highest BCUT2D eigenvalue weighted by Crippen LogP contribution is 2.20. The maximum absolute atomic E-state index is 12.0. The number of ether oxygens (including phenoxy) is 1. The van der Waals surface area contributed by atoms with Gasteiger partial charge in [-0.05, 0) is 44.0 Å². The summed E-state index contributed by atoms with van der Waals surface area (Å²) < 4.78 is 5.35. The van der Waals surface area contributed by atoms with Gasteiger partial charge in [0.25, 0.3) is 0 Å². The van der Waals surface area contributed by atoms with Crippen LogP contribution in [0.25, 0.3) is 0 Å². The molecule has 1 aliphatic rings. The van der Waals surface area contributed by atoms with E-state index in [1.807, 2.05) is 19.1 Å². The summed E-state index contributed by atoms with van der Waals surface area (Å²) >= 11 is 0. The highest BCUT2D eigenvalue weighted by molar-refractivity contribution is 5.85. The predicted octanol–water partition coefficient (Wildman–Crippen LogP) is 1.94. The lowest BCUT2D eigenvalue weighted by atomic mass is 9.88. The highest BCUT2D eigenvalue weighted by atomic mass is 35.5. The number of halogens is 1. The molecule has 118 valence electrons. The molecule has 21 heavy (non-hydrogen) atoms. The van der Waals surface area contributed by atoms with Gasteiger partial charge in [-0.2, -0.15) is 0 Å². The first kappa shape index (κ1) is 17.8. The van der Waals surface area contributed by atoms with Crippen molar-refractivity contribution >= 4 is 18.3 Å². The van der Waals surface area contributed by atoms with E-state index in [4.69, 9.17) is 4.74 Å². The van der Waals surface area contributed by atoms with Crippen LogP contribution >= 0.6 is 12.4 Å². The van der Waals surface area contributed by atoms with E-state index in [0.29, 0.717) is 12.5 Å². The van der Waals surface area contributed by atoms with Crippen molar-refractivity contribution in [3.05, 3.63) is 29.3 Å². The highest BCUT2D eigenvalue weighted by Gasteiger charge is 2.28. The second kappa shape index (κ2) is 8.25. The van der Waals surface area contributed by atoms with Crippen molar-refractivity contribution in [1.29, 1.82) is 0 Å². The lowest BCUT2D eigenvalue weighted by Gasteiger charge is -2.31. The van der Waals surface area contributed by atoms with Crippen LogP contribution in [0.5, 0.6) is 5.75 Å². The fourth-order valence-corrected chi connectivity index (χ4v) is 2.46. The smallest absolute Gasteiger partial charge is 0.223 e. The Morgan fingerprint density at radius 3 is 2.76 bits per heavy atom. The molecule has 4 nitrogen and oxygen atoms in total. The number of hydrogen-bond donors (Lipinski definition) is 2. The van der Waals surface area contributed by atoms with Gasteiger partial charge >= 0.3 is 0 Å². The Morgan fingerprint density at radius 2 is 2.19 bits per heavy atom. The molecule has 0 aromatic heterocycles. The Labute approximate surface area is 133 Å². The second-order valence-electron chi connectivity index (χ2n) is 5.56. The average molecular weight is 313 g/mol. The molecule has 2 N–H and O–H groups in total. The van der Waals surface area contributed by atoms with Gasteiger partial charge in [-0.25, -0.2) is 0 Å². The summed E-state index contributed by atoms with van der Waals surface area (Å²) in [6.07, 6.45) is 0.798. The molecule has 1 heterocycles. The summed E-state index contributed by atoms with van der Waals surface area (Å²) in [7, 11) is 1.68. The van der Waals surface area contributed by atoms with Crippen LogP contribution in [0.3, 0.4) is 0 Å². The molecule has 1 fully saturated rings. The van der Waals surface area contributed by atoms with Gasteiger partial charge in [0.05, 0.1) is 7.11 Å². The fourth-order valence-electron chi connectivity index (χ4n) is 2.46. The van der Waals surface area contributed by atoms with Crippen LogP contribution in [0.15, 0.2) is 18.2 Å². The van der Waals surface area contributed by atoms with E-state index >= 15 is 0 Å². The molecule has 1 saturated heterocycles. The molecule has 0 aliphatic carbocycles. The van der Waals surface area contributed by atoms with Crippen molar-refractivity contribution in [2.45, 2.75) is 20.3 Å². The number of methoxy groups -OCH3 is 1. The first-order valence-electron chi connectivity index (χ1n) is 7.23. The van der Waals surface area contributed by atoms with Gasteiger partial charge in [-0.15, -0.1) is 12.4 Å². The minimum atomic E-state index is 0. The average Bonchev–Trinajstić information content (AvgIpc) is 2.36. The van der Waals surface area contributed by atoms with Gasteiger partial charge in [-0.1, -0.05) is 24.6 Å². The van der Waals surface area contributed by atoms with Crippen LogP contribution in [0.2, 0.25) is 0 Å². The van der Waals surface area contributed by atoms with Gasteiger partial charge < -0.3 is 15.4 Å². The Balaban J connectivity index is 0.00000220. The third-order valence-corrected chi connectivity index (χ3v) is 4.06. The van der Waals surface area contributed by atoms with Gasteiger partial charge in [0.2, 0.25) is 5.91 Å². The zero-order chi connectivity index (χ0) is 14.5. The van der Waals surface area contributed by atoms with Crippen molar-refractivity contribution in [3.63, 3.8) is 0 Å². The van der Waals surface area contributed by atoms with Crippen molar-refractivity contribution in [2.75, 3.05) is 26.7 Å². The summed E-state index contributed by atoms with van der Waals surface area (Å²) in [5.74, 6) is 1.63. The first-order chi connectivity index (χ1) is 9.61. The van der Waals surface area contributed by atoms with E-state index in [2.05, 4.69) is 23.6 Å². The number of aryl methyl sites for hydroxylation is 1. The lowest BCUT2D eigenvalue weighted by Crippen LogP contribution is -2.49. The third kappa shape index (κ3) is 4.61.